The highest BCUT2D eigenvalue weighted by molar-refractivity contribution is 5.70. The van der Waals surface area contributed by atoms with Crippen LogP contribution in [0.25, 0.3) is 0 Å². The smallest absolute Gasteiger partial charge is 0.306 e. The van der Waals surface area contributed by atoms with Gasteiger partial charge in [-0.1, -0.05) is 0 Å². The van der Waals surface area contributed by atoms with Gasteiger partial charge in [0.2, 0.25) is 0 Å². The minimum atomic E-state index is -3.01. The first-order valence-corrected chi connectivity index (χ1v) is 3.79. The Morgan fingerprint density at radius 2 is 2.08 bits per heavy atom. The predicted octanol–water partition coefficient (Wildman–Crippen LogP) is 0.834. The lowest BCUT2D eigenvalue weighted by Gasteiger charge is -2.31. The molecule has 0 aliphatic heterocycles. The largest absolute Gasteiger partial charge is 0.481 e. The summed E-state index contributed by atoms with van der Waals surface area (Å²) in [4.78, 5) is 10.4. The van der Waals surface area contributed by atoms with Crippen molar-refractivity contribution in [1.82, 2.24) is 0 Å². The van der Waals surface area contributed by atoms with Gasteiger partial charge in [-0.15, -0.1) is 0 Å². The van der Waals surface area contributed by atoms with Crippen LogP contribution in [0, 0.1) is 5.92 Å². The molecule has 5 heteroatoms. The maximum Gasteiger partial charge on any atom is 0.306 e. The summed E-state index contributed by atoms with van der Waals surface area (Å²) >= 11 is 0. The molecule has 0 aromatic rings. The van der Waals surface area contributed by atoms with Crippen molar-refractivity contribution in [3.8, 4) is 0 Å². The minimum Gasteiger partial charge on any atom is -0.481 e. The van der Waals surface area contributed by atoms with Gasteiger partial charge in [-0.2, -0.15) is 0 Å². The fourth-order valence-corrected chi connectivity index (χ4v) is 1.38. The normalized spacial score (nSPS) is 34.6. The van der Waals surface area contributed by atoms with Crippen LogP contribution in [0.2, 0.25) is 0 Å². The Hall–Kier alpha value is -0.710. The number of rotatable bonds is 1. The minimum absolute atomic E-state index is 0.0873. The van der Waals surface area contributed by atoms with Crippen LogP contribution in [0.4, 0.5) is 8.78 Å². The van der Waals surface area contributed by atoms with E-state index in [-0.39, 0.29) is 12.8 Å². The molecule has 1 aliphatic rings. The standard InChI is InChI=1S/C7H11F2NO2/c8-7(9)3-4(6(11)12)1-2-5(7)10/h4-5H,1-3,10H2,(H,11,12)/t4-,5-/m0/s1. The number of alkyl halides is 2. The van der Waals surface area contributed by atoms with Crippen molar-refractivity contribution in [1.29, 1.82) is 0 Å². The molecule has 0 aromatic heterocycles. The van der Waals surface area contributed by atoms with E-state index in [0.717, 1.165) is 0 Å². The third kappa shape index (κ3) is 1.72. The molecule has 0 saturated heterocycles. The van der Waals surface area contributed by atoms with Crippen LogP contribution in [0.15, 0.2) is 0 Å². The number of hydrogen-bond acceptors (Lipinski definition) is 2. The molecule has 3 nitrogen and oxygen atoms in total. The second kappa shape index (κ2) is 2.97. The summed E-state index contributed by atoms with van der Waals surface area (Å²) < 4.78 is 25.6. The van der Waals surface area contributed by atoms with Crippen LogP contribution in [0.3, 0.4) is 0 Å². The van der Waals surface area contributed by atoms with Gasteiger partial charge in [0, 0.05) is 6.42 Å². The molecule has 0 unspecified atom stereocenters. The lowest BCUT2D eigenvalue weighted by molar-refractivity contribution is -0.150. The van der Waals surface area contributed by atoms with Crippen LogP contribution in [-0.4, -0.2) is 23.0 Å². The third-order valence-electron chi connectivity index (χ3n) is 2.24. The van der Waals surface area contributed by atoms with Crippen LogP contribution >= 0.6 is 0 Å². The summed E-state index contributed by atoms with van der Waals surface area (Å²) in [6, 6.07) is -1.17. The first-order chi connectivity index (χ1) is 5.43. The maximum atomic E-state index is 12.8. The molecule has 0 radical (unpaired) electrons. The Balaban J connectivity index is 2.63. The molecule has 3 N–H and O–H groups in total. The average Bonchev–Trinajstić information content (AvgIpc) is 1.94. The van der Waals surface area contributed by atoms with Gasteiger partial charge in [0.25, 0.3) is 5.92 Å². The van der Waals surface area contributed by atoms with Crippen molar-refractivity contribution in [2.75, 3.05) is 0 Å². The molecule has 0 amide bonds. The van der Waals surface area contributed by atoms with E-state index in [4.69, 9.17) is 10.8 Å². The zero-order valence-corrected chi connectivity index (χ0v) is 6.46. The Bertz CT molecular complexity index is 196. The number of halogens is 2. The SMILES string of the molecule is N[C@H]1CC[C@H](C(=O)O)CC1(F)F. The summed E-state index contributed by atoms with van der Waals surface area (Å²) in [5.41, 5.74) is 5.13. The van der Waals surface area contributed by atoms with Crippen LogP contribution in [0.1, 0.15) is 19.3 Å². The molecule has 2 atom stereocenters. The van der Waals surface area contributed by atoms with E-state index in [9.17, 15) is 13.6 Å². The number of nitrogens with two attached hydrogens (primary N) is 1. The molecule has 1 saturated carbocycles. The average molecular weight is 179 g/mol. The fraction of sp³-hybridized carbons (Fsp3) is 0.857. The lowest BCUT2D eigenvalue weighted by atomic mass is 9.84. The molecule has 0 spiro atoms. The molecule has 12 heavy (non-hydrogen) atoms. The van der Waals surface area contributed by atoms with E-state index in [0.29, 0.717) is 0 Å². The van der Waals surface area contributed by atoms with Crippen molar-refractivity contribution in [2.45, 2.75) is 31.2 Å². The first-order valence-electron chi connectivity index (χ1n) is 3.79. The first kappa shape index (κ1) is 9.38. The summed E-state index contributed by atoms with van der Waals surface area (Å²) in [5.74, 6) is -5.09. The predicted molar refractivity (Wildman–Crippen MR) is 37.9 cm³/mol. The zero-order chi connectivity index (χ0) is 9.35. The molecule has 1 aliphatic carbocycles. The van der Waals surface area contributed by atoms with Gasteiger partial charge in [0.1, 0.15) is 0 Å². The Kier molecular flexibility index (Phi) is 2.32. The Morgan fingerprint density at radius 3 is 2.50 bits per heavy atom. The van der Waals surface area contributed by atoms with E-state index < -0.39 is 30.3 Å². The van der Waals surface area contributed by atoms with E-state index in [1.54, 1.807) is 0 Å². The quantitative estimate of drug-likeness (QED) is 0.626. The van der Waals surface area contributed by atoms with Crippen molar-refractivity contribution in [3.63, 3.8) is 0 Å². The summed E-state index contributed by atoms with van der Waals surface area (Å²) in [5, 5.41) is 8.48. The van der Waals surface area contributed by atoms with E-state index in [1.807, 2.05) is 0 Å². The number of carboxylic acids is 1. The van der Waals surface area contributed by atoms with Gasteiger partial charge < -0.3 is 10.8 Å². The second-order valence-corrected chi connectivity index (χ2v) is 3.18. The number of carbonyl (C=O) groups is 1. The number of aliphatic carboxylic acids is 1. The topological polar surface area (TPSA) is 63.3 Å². The van der Waals surface area contributed by atoms with Gasteiger partial charge in [0.05, 0.1) is 12.0 Å². The molecule has 0 heterocycles. The Labute approximate surface area is 68.5 Å². The van der Waals surface area contributed by atoms with Gasteiger partial charge in [-0.3, -0.25) is 4.79 Å². The highest BCUT2D eigenvalue weighted by Crippen LogP contribution is 2.35. The maximum absolute atomic E-state index is 12.8. The monoisotopic (exact) mass is 179 g/mol. The van der Waals surface area contributed by atoms with Crippen LogP contribution in [-0.2, 0) is 4.79 Å². The van der Waals surface area contributed by atoms with Crippen molar-refractivity contribution < 1.29 is 18.7 Å². The summed E-state index contributed by atoms with van der Waals surface area (Å²) in [6.45, 7) is 0. The van der Waals surface area contributed by atoms with E-state index in [1.165, 1.54) is 0 Å². The molecule has 1 fully saturated rings. The van der Waals surface area contributed by atoms with Gasteiger partial charge in [-0.25, -0.2) is 8.78 Å². The molecular formula is C7H11F2NO2. The third-order valence-corrected chi connectivity index (χ3v) is 2.24. The lowest BCUT2D eigenvalue weighted by Crippen LogP contribution is -2.47. The summed E-state index contributed by atoms with van der Waals surface area (Å²) in [6.07, 6.45) is -0.278. The van der Waals surface area contributed by atoms with E-state index >= 15 is 0 Å². The highest BCUT2D eigenvalue weighted by Gasteiger charge is 2.45. The zero-order valence-electron chi connectivity index (χ0n) is 6.46. The van der Waals surface area contributed by atoms with Crippen molar-refractivity contribution in [2.24, 2.45) is 11.7 Å². The van der Waals surface area contributed by atoms with Crippen molar-refractivity contribution in [3.05, 3.63) is 0 Å². The van der Waals surface area contributed by atoms with Crippen molar-refractivity contribution >= 4 is 5.97 Å². The number of hydrogen-bond donors (Lipinski definition) is 2. The molecule has 0 aromatic carbocycles. The second-order valence-electron chi connectivity index (χ2n) is 3.18. The van der Waals surface area contributed by atoms with Crippen LogP contribution < -0.4 is 5.73 Å². The number of carboxylic acid groups (broad SMARTS) is 1. The van der Waals surface area contributed by atoms with E-state index in [2.05, 4.69) is 0 Å². The molecule has 0 bridgehead atoms. The Morgan fingerprint density at radius 1 is 1.50 bits per heavy atom. The van der Waals surface area contributed by atoms with Crippen LogP contribution in [0.5, 0.6) is 0 Å². The fourth-order valence-electron chi connectivity index (χ4n) is 1.38. The van der Waals surface area contributed by atoms with Gasteiger partial charge in [0.15, 0.2) is 0 Å². The summed E-state index contributed by atoms with van der Waals surface area (Å²) in [7, 11) is 0. The molecule has 1 rings (SSSR count). The molecular weight excluding hydrogens is 168 g/mol. The van der Waals surface area contributed by atoms with Gasteiger partial charge >= 0.3 is 5.97 Å². The highest BCUT2D eigenvalue weighted by atomic mass is 19.3. The molecule has 70 valence electrons. The van der Waals surface area contributed by atoms with Gasteiger partial charge in [-0.05, 0) is 12.8 Å².